The van der Waals surface area contributed by atoms with Gasteiger partial charge in [0.1, 0.15) is 0 Å². The average molecular weight is 246 g/mol. The van der Waals surface area contributed by atoms with E-state index < -0.39 is 0 Å². The van der Waals surface area contributed by atoms with Gasteiger partial charge in [-0.15, -0.1) is 0 Å². The summed E-state index contributed by atoms with van der Waals surface area (Å²) in [6.07, 6.45) is 1.42. The second-order valence-electron chi connectivity index (χ2n) is 3.67. The third-order valence-corrected chi connectivity index (χ3v) is 3.22. The average Bonchev–Trinajstić information content (AvgIpc) is 2.73. The summed E-state index contributed by atoms with van der Waals surface area (Å²) < 4.78 is 5.72. The summed E-state index contributed by atoms with van der Waals surface area (Å²) in [5, 5.41) is 4.43. The summed E-state index contributed by atoms with van der Waals surface area (Å²) in [4.78, 5) is 0. The van der Waals surface area contributed by atoms with Gasteiger partial charge in [0, 0.05) is 6.54 Å². The van der Waals surface area contributed by atoms with Crippen LogP contribution in [-0.4, -0.2) is 19.2 Å². The molecule has 0 aromatic heterocycles. The third-order valence-electron chi connectivity index (χ3n) is 2.48. The van der Waals surface area contributed by atoms with Crippen molar-refractivity contribution in [1.82, 2.24) is 5.32 Å². The summed E-state index contributed by atoms with van der Waals surface area (Å²) in [6, 6.07) is 5.60. The van der Waals surface area contributed by atoms with Crippen LogP contribution in [0.4, 0.5) is 0 Å². The highest BCUT2D eigenvalue weighted by Gasteiger charge is 2.14. The molecule has 0 amide bonds. The lowest BCUT2D eigenvalue weighted by Gasteiger charge is -2.10. The number of rotatable bonds is 3. The van der Waals surface area contributed by atoms with Crippen molar-refractivity contribution in [3.05, 3.63) is 33.8 Å². The second-order valence-corrected chi connectivity index (χ2v) is 4.49. The number of hydrogen-bond donors (Lipinski definition) is 1. The molecule has 0 spiro atoms. The van der Waals surface area contributed by atoms with Crippen molar-refractivity contribution in [2.75, 3.05) is 13.1 Å². The lowest BCUT2D eigenvalue weighted by Crippen LogP contribution is -2.16. The molecule has 1 heterocycles. The molecule has 1 atom stereocenters. The molecule has 1 N–H and O–H groups in total. The Morgan fingerprint density at radius 2 is 2.20 bits per heavy atom. The van der Waals surface area contributed by atoms with Crippen molar-refractivity contribution in [2.45, 2.75) is 19.1 Å². The Labute approximate surface area is 99.5 Å². The predicted molar refractivity (Wildman–Crippen MR) is 62.5 cm³/mol. The van der Waals surface area contributed by atoms with Gasteiger partial charge in [-0.1, -0.05) is 29.3 Å². The first-order valence-electron chi connectivity index (χ1n) is 5.02. The molecule has 82 valence electrons. The molecule has 2 nitrogen and oxygen atoms in total. The van der Waals surface area contributed by atoms with E-state index in [9.17, 15) is 0 Å². The Kier molecular flexibility index (Phi) is 3.87. The van der Waals surface area contributed by atoms with Crippen LogP contribution in [0.5, 0.6) is 0 Å². The first kappa shape index (κ1) is 11.2. The van der Waals surface area contributed by atoms with Crippen LogP contribution in [0.2, 0.25) is 10.0 Å². The number of nitrogens with one attached hydrogen (secondary N) is 1. The quantitative estimate of drug-likeness (QED) is 0.885. The van der Waals surface area contributed by atoms with Crippen molar-refractivity contribution >= 4 is 23.2 Å². The fourth-order valence-corrected chi connectivity index (χ4v) is 1.93. The Morgan fingerprint density at radius 3 is 2.87 bits per heavy atom. The summed E-state index contributed by atoms with van der Waals surface area (Å²) in [5.74, 6) is 0. The lowest BCUT2D eigenvalue weighted by atomic mass is 10.2. The molecule has 15 heavy (non-hydrogen) atoms. The predicted octanol–water partition coefficient (Wildman–Crippen LogP) is 2.87. The zero-order valence-electron chi connectivity index (χ0n) is 8.30. The van der Waals surface area contributed by atoms with E-state index in [2.05, 4.69) is 5.32 Å². The smallest absolute Gasteiger partial charge is 0.0721 e. The minimum absolute atomic E-state index is 0.333. The van der Waals surface area contributed by atoms with Crippen molar-refractivity contribution in [2.24, 2.45) is 0 Å². The van der Waals surface area contributed by atoms with Crippen LogP contribution < -0.4 is 5.32 Å². The molecule has 1 aliphatic rings. The molecule has 1 saturated heterocycles. The summed E-state index contributed by atoms with van der Waals surface area (Å²) in [6.45, 7) is 2.59. The maximum atomic E-state index is 5.91. The topological polar surface area (TPSA) is 21.3 Å². The van der Waals surface area contributed by atoms with Crippen LogP contribution in [0, 0.1) is 0 Å². The van der Waals surface area contributed by atoms with Gasteiger partial charge in [-0.2, -0.15) is 0 Å². The van der Waals surface area contributed by atoms with E-state index >= 15 is 0 Å². The number of hydrogen-bond acceptors (Lipinski definition) is 2. The summed E-state index contributed by atoms with van der Waals surface area (Å²) in [5.41, 5.74) is 1.07. The van der Waals surface area contributed by atoms with E-state index in [0.717, 1.165) is 25.1 Å². The van der Waals surface area contributed by atoms with Gasteiger partial charge in [0.2, 0.25) is 0 Å². The van der Waals surface area contributed by atoms with E-state index in [1.54, 1.807) is 6.07 Å². The molecule has 1 aromatic rings. The zero-order valence-corrected chi connectivity index (χ0v) is 9.81. The van der Waals surface area contributed by atoms with Gasteiger partial charge in [0.05, 0.1) is 22.8 Å². The monoisotopic (exact) mass is 245 g/mol. The molecule has 0 radical (unpaired) electrons. The molecule has 4 heteroatoms. The molecule has 0 saturated carbocycles. The van der Waals surface area contributed by atoms with Gasteiger partial charge < -0.3 is 10.1 Å². The molecule has 1 aromatic carbocycles. The number of halogens is 2. The summed E-state index contributed by atoms with van der Waals surface area (Å²) in [7, 11) is 0. The highest BCUT2D eigenvalue weighted by atomic mass is 35.5. The highest BCUT2D eigenvalue weighted by molar-refractivity contribution is 6.41. The minimum Gasteiger partial charge on any atom is -0.372 e. The molecule has 0 aliphatic carbocycles. The normalized spacial score (nSPS) is 20.8. The van der Waals surface area contributed by atoms with Crippen LogP contribution in [0.3, 0.4) is 0 Å². The molecular weight excluding hydrogens is 233 g/mol. The van der Waals surface area contributed by atoms with Gasteiger partial charge in [-0.25, -0.2) is 0 Å². The largest absolute Gasteiger partial charge is 0.372 e. The molecule has 1 aliphatic heterocycles. The first-order valence-corrected chi connectivity index (χ1v) is 5.77. The molecule has 0 bridgehead atoms. The van der Waals surface area contributed by atoms with Crippen LogP contribution in [-0.2, 0) is 11.3 Å². The van der Waals surface area contributed by atoms with Crippen molar-refractivity contribution in [3.63, 3.8) is 0 Å². The van der Waals surface area contributed by atoms with Crippen LogP contribution in [0.15, 0.2) is 18.2 Å². The molecule has 2 rings (SSSR count). The maximum absolute atomic E-state index is 5.91. The number of ether oxygens (including phenoxy) is 1. The van der Waals surface area contributed by atoms with E-state index in [-0.39, 0.29) is 0 Å². The highest BCUT2D eigenvalue weighted by Crippen LogP contribution is 2.23. The Hall–Kier alpha value is -0.280. The standard InChI is InChI=1S/C11H13Cl2NO/c12-10-2-1-8(5-11(10)13)7-15-9-3-4-14-6-9/h1-2,5,9,14H,3-4,6-7H2. The Morgan fingerprint density at radius 1 is 1.33 bits per heavy atom. The van der Waals surface area contributed by atoms with Gasteiger partial charge >= 0.3 is 0 Å². The van der Waals surface area contributed by atoms with Crippen LogP contribution >= 0.6 is 23.2 Å². The molecule has 1 fully saturated rings. The fourth-order valence-electron chi connectivity index (χ4n) is 1.61. The van der Waals surface area contributed by atoms with E-state index in [0.29, 0.717) is 22.8 Å². The summed E-state index contributed by atoms with van der Waals surface area (Å²) >= 11 is 11.7. The SMILES string of the molecule is Clc1ccc(COC2CCNC2)cc1Cl. The Bertz CT molecular complexity index is 337. The fraction of sp³-hybridized carbons (Fsp3) is 0.455. The van der Waals surface area contributed by atoms with Crippen LogP contribution in [0.25, 0.3) is 0 Å². The van der Waals surface area contributed by atoms with Crippen LogP contribution in [0.1, 0.15) is 12.0 Å². The zero-order chi connectivity index (χ0) is 10.7. The van der Waals surface area contributed by atoms with E-state index in [1.165, 1.54) is 0 Å². The Balaban J connectivity index is 1.90. The minimum atomic E-state index is 0.333. The van der Waals surface area contributed by atoms with E-state index in [1.807, 2.05) is 12.1 Å². The van der Waals surface area contributed by atoms with Crippen molar-refractivity contribution < 1.29 is 4.74 Å². The number of benzene rings is 1. The third kappa shape index (κ3) is 3.08. The maximum Gasteiger partial charge on any atom is 0.0721 e. The van der Waals surface area contributed by atoms with Gasteiger partial charge in [0.25, 0.3) is 0 Å². The van der Waals surface area contributed by atoms with Gasteiger partial charge in [0.15, 0.2) is 0 Å². The van der Waals surface area contributed by atoms with E-state index in [4.69, 9.17) is 27.9 Å². The second kappa shape index (κ2) is 5.17. The first-order chi connectivity index (χ1) is 7.25. The molecular formula is C11H13Cl2NO. The van der Waals surface area contributed by atoms with Gasteiger partial charge in [-0.3, -0.25) is 0 Å². The van der Waals surface area contributed by atoms with Crippen molar-refractivity contribution in [3.8, 4) is 0 Å². The molecule has 1 unspecified atom stereocenters. The van der Waals surface area contributed by atoms with Crippen molar-refractivity contribution in [1.29, 1.82) is 0 Å². The van der Waals surface area contributed by atoms with Gasteiger partial charge in [-0.05, 0) is 30.7 Å². The lowest BCUT2D eigenvalue weighted by molar-refractivity contribution is 0.0542.